The summed E-state index contributed by atoms with van der Waals surface area (Å²) in [7, 11) is -2.77. The van der Waals surface area contributed by atoms with Gasteiger partial charge < -0.3 is 4.74 Å². The Balaban J connectivity index is 2.56. The topological polar surface area (TPSA) is 98.5 Å². The SMILES string of the molecule is CCc1ccc(Cl)c(CC)c1NS(=O)(=O)c1ccc(OC)c([N+](=O)[O-])c1. The van der Waals surface area contributed by atoms with Crippen molar-refractivity contribution in [3.05, 3.63) is 56.6 Å². The molecule has 0 unspecified atom stereocenters. The van der Waals surface area contributed by atoms with Crippen molar-refractivity contribution >= 4 is 33.0 Å². The second-order valence-electron chi connectivity index (χ2n) is 5.46. The molecule has 7 nitrogen and oxygen atoms in total. The Labute approximate surface area is 157 Å². The highest BCUT2D eigenvalue weighted by Crippen LogP contribution is 2.33. The maximum absolute atomic E-state index is 12.8. The zero-order chi connectivity index (χ0) is 19.5. The third kappa shape index (κ3) is 3.91. The van der Waals surface area contributed by atoms with Gasteiger partial charge in [0.2, 0.25) is 0 Å². The number of rotatable bonds is 7. The summed E-state index contributed by atoms with van der Waals surface area (Å²) >= 11 is 6.20. The van der Waals surface area contributed by atoms with E-state index in [1.54, 1.807) is 12.1 Å². The molecule has 2 aromatic carbocycles. The summed E-state index contributed by atoms with van der Waals surface area (Å²) < 4.78 is 33.1. The van der Waals surface area contributed by atoms with Crippen molar-refractivity contribution in [3.8, 4) is 5.75 Å². The molecule has 140 valence electrons. The maximum atomic E-state index is 12.8. The van der Waals surface area contributed by atoms with Gasteiger partial charge in [-0.3, -0.25) is 14.8 Å². The fraction of sp³-hybridized carbons (Fsp3) is 0.294. The minimum absolute atomic E-state index is 0.0137. The van der Waals surface area contributed by atoms with Gasteiger partial charge >= 0.3 is 5.69 Å². The van der Waals surface area contributed by atoms with Gasteiger partial charge in [-0.05, 0) is 42.2 Å². The number of nitrogens with one attached hydrogen (secondary N) is 1. The quantitative estimate of drug-likeness (QED) is 0.557. The molecule has 0 fully saturated rings. The Kier molecular flexibility index (Phi) is 6.09. The van der Waals surface area contributed by atoms with Crippen LogP contribution in [0.25, 0.3) is 0 Å². The van der Waals surface area contributed by atoms with E-state index in [1.165, 1.54) is 19.2 Å². The van der Waals surface area contributed by atoms with Gasteiger partial charge in [0.15, 0.2) is 5.75 Å². The summed E-state index contributed by atoms with van der Waals surface area (Å²) in [6, 6.07) is 6.98. The number of aryl methyl sites for hydroxylation is 1. The van der Waals surface area contributed by atoms with Crippen LogP contribution < -0.4 is 9.46 Å². The standard InChI is InChI=1S/C17H19ClN2O5S/c1-4-11-6-8-14(18)13(5-2)17(11)19-26(23,24)12-7-9-16(25-3)15(10-12)20(21)22/h6-10,19H,4-5H2,1-3H3. The van der Waals surface area contributed by atoms with E-state index in [0.29, 0.717) is 29.1 Å². The number of anilines is 1. The first kappa shape index (κ1) is 20.0. The molecule has 0 aliphatic heterocycles. The van der Waals surface area contributed by atoms with Gasteiger partial charge in [0.25, 0.3) is 10.0 Å². The minimum atomic E-state index is -4.04. The molecule has 0 atom stereocenters. The lowest BCUT2D eigenvalue weighted by atomic mass is 10.0. The van der Waals surface area contributed by atoms with Gasteiger partial charge in [0.05, 0.1) is 22.6 Å². The molecule has 2 rings (SSSR count). The normalized spacial score (nSPS) is 11.2. The number of hydrogen-bond donors (Lipinski definition) is 1. The molecular weight excluding hydrogens is 380 g/mol. The van der Waals surface area contributed by atoms with Crippen LogP contribution in [0.4, 0.5) is 11.4 Å². The van der Waals surface area contributed by atoms with E-state index in [0.717, 1.165) is 11.6 Å². The van der Waals surface area contributed by atoms with Crippen LogP contribution in [-0.2, 0) is 22.9 Å². The fourth-order valence-electron chi connectivity index (χ4n) is 2.61. The number of nitro benzene ring substituents is 1. The Bertz CT molecular complexity index is 944. The molecule has 26 heavy (non-hydrogen) atoms. The van der Waals surface area contributed by atoms with Gasteiger partial charge in [0, 0.05) is 11.1 Å². The number of nitrogens with zero attached hydrogens (tertiary/aromatic N) is 1. The predicted octanol–water partition coefficient (Wildman–Crippen LogP) is 4.18. The number of hydrogen-bond acceptors (Lipinski definition) is 5. The number of ether oxygens (including phenoxy) is 1. The second-order valence-corrected chi connectivity index (χ2v) is 7.55. The first-order valence-corrected chi connectivity index (χ1v) is 9.76. The minimum Gasteiger partial charge on any atom is -0.490 e. The lowest BCUT2D eigenvalue weighted by molar-refractivity contribution is -0.386. The zero-order valence-electron chi connectivity index (χ0n) is 14.6. The molecule has 0 aliphatic rings. The number of methoxy groups -OCH3 is 1. The fourth-order valence-corrected chi connectivity index (χ4v) is 4.06. The molecule has 1 N–H and O–H groups in total. The lowest BCUT2D eigenvalue weighted by Gasteiger charge is -2.17. The largest absolute Gasteiger partial charge is 0.490 e. The summed E-state index contributed by atoms with van der Waals surface area (Å²) in [5.74, 6) is -0.0137. The molecule has 0 aliphatic carbocycles. The van der Waals surface area contributed by atoms with Gasteiger partial charge in [-0.25, -0.2) is 8.42 Å². The number of sulfonamides is 1. The van der Waals surface area contributed by atoms with E-state index in [2.05, 4.69) is 4.72 Å². The van der Waals surface area contributed by atoms with Crippen LogP contribution in [0.15, 0.2) is 35.2 Å². The van der Waals surface area contributed by atoms with E-state index in [9.17, 15) is 18.5 Å². The molecule has 0 aromatic heterocycles. The van der Waals surface area contributed by atoms with E-state index < -0.39 is 20.6 Å². The first-order valence-electron chi connectivity index (χ1n) is 7.90. The van der Waals surface area contributed by atoms with Gasteiger partial charge in [0.1, 0.15) is 0 Å². The predicted molar refractivity (Wildman–Crippen MR) is 101 cm³/mol. The molecule has 0 bridgehead atoms. The monoisotopic (exact) mass is 398 g/mol. The van der Waals surface area contributed by atoms with Crippen LogP contribution >= 0.6 is 11.6 Å². The molecule has 0 saturated carbocycles. The van der Waals surface area contributed by atoms with Crippen LogP contribution in [0.1, 0.15) is 25.0 Å². The van der Waals surface area contributed by atoms with E-state index in [1.807, 2.05) is 13.8 Å². The van der Waals surface area contributed by atoms with Crippen LogP contribution in [0.2, 0.25) is 5.02 Å². The summed E-state index contributed by atoms with van der Waals surface area (Å²) in [5, 5.41) is 11.6. The molecule has 0 amide bonds. The van der Waals surface area contributed by atoms with Crippen LogP contribution in [0.3, 0.4) is 0 Å². The maximum Gasteiger partial charge on any atom is 0.312 e. The lowest BCUT2D eigenvalue weighted by Crippen LogP contribution is -2.16. The number of benzene rings is 2. The van der Waals surface area contributed by atoms with Gasteiger partial charge in [-0.1, -0.05) is 31.5 Å². The highest BCUT2D eigenvalue weighted by molar-refractivity contribution is 7.92. The summed E-state index contributed by atoms with van der Waals surface area (Å²) in [6.07, 6.45) is 1.14. The van der Waals surface area contributed by atoms with E-state index in [-0.39, 0.29) is 10.6 Å². The molecule has 0 spiro atoms. The van der Waals surface area contributed by atoms with Crippen molar-refractivity contribution in [3.63, 3.8) is 0 Å². The average molecular weight is 399 g/mol. The highest BCUT2D eigenvalue weighted by atomic mass is 35.5. The molecule has 0 radical (unpaired) electrons. The van der Waals surface area contributed by atoms with Crippen molar-refractivity contribution in [2.45, 2.75) is 31.6 Å². The molecule has 9 heteroatoms. The molecule has 0 saturated heterocycles. The van der Waals surface area contributed by atoms with E-state index >= 15 is 0 Å². The van der Waals surface area contributed by atoms with Crippen LogP contribution in [-0.4, -0.2) is 20.5 Å². The summed E-state index contributed by atoms with van der Waals surface area (Å²) in [4.78, 5) is 10.2. The van der Waals surface area contributed by atoms with Crippen molar-refractivity contribution in [2.24, 2.45) is 0 Å². The average Bonchev–Trinajstić information content (AvgIpc) is 2.61. The van der Waals surface area contributed by atoms with Crippen molar-refractivity contribution in [1.82, 2.24) is 0 Å². The second kappa shape index (κ2) is 7.92. The van der Waals surface area contributed by atoms with Crippen LogP contribution in [0, 0.1) is 10.1 Å². The highest BCUT2D eigenvalue weighted by Gasteiger charge is 2.24. The zero-order valence-corrected chi connectivity index (χ0v) is 16.1. The first-order chi connectivity index (χ1) is 12.2. The summed E-state index contributed by atoms with van der Waals surface area (Å²) in [6.45, 7) is 3.77. The van der Waals surface area contributed by atoms with Gasteiger partial charge in [-0.2, -0.15) is 0 Å². The number of halogens is 1. The smallest absolute Gasteiger partial charge is 0.312 e. The molecule has 0 heterocycles. The Morgan fingerprint density at radius 3 is 2.42 bits per heavy atom. The van der Waals surface area contributed by atoms with Gasteiger partial charge in [-0.15, -0.1) is 0 Å². The van der Waals surface area contributed by atoms with Crippen molar-refractivity contribution in [1.29, 1.82) is 0 Å². The molecular formula is C17H19ClN2O5S. The van der Waals surface area contributed by atoms with Crippen molar-refractivity contribution < 1.29 is 18.1 Å². The third-order valence-electron chi connectivity index (χ3n) is 3.97. The third-order valence-corrected chi connectivity index (χ3v) is 5.67. The molecule has 2 aromatic rings. The Morgan fingerprint density at radius 1 is 1.19 bits per heavy atom. The van der Waals surface area contributed by atoms with Crippen LogP contribution in [0.5, 0.6) is 5.75 Å². The van der Waals surface area contributed by atoms with E-state index in [4.69, 9.17) is 16.3 Å². The Morgan fingerprint density at radius 2 is 1.88 bits per heavy atom. The Hall–Kier alpha value is -2.32. The number of nitro groups is 1. The van der Waals surface area contributed by atoms with Crippen molar-refractivity contribution in [2.75, 3.05) is 11.8 Å². The summed E-state index contributed by atoms with van der Waals surface area (Å²) in [5.41, 5.74) is 1.46.